The summed E-state index contributed by atoms with van der Waals surface area (Å²) in [6, 6.07) is 15.0. The summed E-state index contributed by atoms with van der Waals surface area (Å²) < 4.78 is 6.03. The largest absolute Gasteiger partial charge is 0.489 e. The zero-order valence-corrected chi connectivity index (χ0v) is 13.4. The SMILES string of the molecule is CNCc1cccc(COc2cc(C(C)C)ccc2C)c1. The van der Waals surface area contributed by atoms with Crippen LogP contribution in [-0.2, 0) is 13.2 Å². The molecule has 0 heterocycles. The summed E-state index contributed by atoms with van der Waals surface area (Å²) in [7, 11) is 1.96. The first-order valence-corrected chi connectivity index (χ1v) is 7.56. The van der Waals surface area contributed by atoms with Gasteiger partial charge in [-0.1, -0.05) is 50.2 Å². The Labute approximate surface area is 128 Å². The molecule has 0 atom stereocenters. The van der Waals surface area contributed by atoms with Crippen LogP contribution in [0.3, 0.4) is 0 Å². The molecule has 0 spiro atoms. The molecule has 1 N–H and O–H groups in total. The molecule has 2 nitrogen and oxygen atoms in total. The van der Waals surface area contributed by atoms with E-state index in [1.807, 2.05) is 7.05 Å². The third-order valence-corrected chi connectivity index (χ3v) is 3.65. The lowest BCUT2D eigenvalue weighted by atomic mass is 10.0. The molecular formula is C19H25NO. The van der Waals surface area contributed by atoms with Gasteiger partial charge in [0.2, 0.25) is 0 Å². The average Bonchev–Trinajstić information content (AvgIpc) is 2.47. The molecular weight excluding hydrogens is 258 g/mol. The number of hydrogen-bond acceptors (Lipinski definition) is 2. The molecule has 0 saturated carbocycles. The summed E-state index contributed by atoms with van der Waals surface area (Å²) in [5.41, 5.74) is 4.99. The Morgan fingerprint density at radius 3 is 2.52 bits per heavy atom. The topological polar surface area (TPSA) is 21.3 Å². The molecule has 0 saturated heterocycles. The van der Waals surface area contributed by atoms with Crippen molar-refractivity contribution < 1.29 is 4.74 Å². The number of ether oxygens (including phenoxy) is 1. The van der Waals surface area contributed by atoms with E-state index in [1.54, 1.807) is 0 Å². The van der Waals surface area contributed by atoms with Crippen LogP contribution in [0, 0.1) is 6.92 Å². The van der Waals surface area contributed by atoms with E-state index in [0.717, 1.165) is 12.3 Å². The average molecular weight is 283 g/mol. The molecule has 21 heavy (non-hydrogen) atoms. The Morgan fingerprint density at radius 1 is 1.05 bits per heavy atom. The second kappa shape index (κ2) is 7.28. The van der Waals surface area contributed by atoms with Gasteiger partial charge in [-0.25, -0.2) is 0 Å². The Hall–Kier alpha value is -1.80. The van der Waals surface area contributed by atoms with Gasteiger partial charge >= 0.3 is 0 Å². The predicted molar refractivity (Wildman–Crippen MR) is 88.8 cm³/mol. The first-order chi connectivity index (χ1) is 10.1. The van der Waals surface area contributed by atoms with Gasteiger partial charge in [-0.3, -0.25) is 0 Å². The molecule has 0 amide bonds. The van der Waals surface area contributed by atoms with E-state index in [-0.39, 0.29) is 0 Å². The highest BCUT2D eigenvalue weighted by atomic mass is 16.5. The fourth-order valence-corrected chi connectivity index (χ4v) is 2.33. The molecule has 0 radical (unpaired) electrons. The first kappa shape index (κ1) is 15.6. The maximum Gasteiger partial charge on any atom is 0.122 e. The standard InChI is InChI=1S/C19H25NO/c1-14(2)18-9-8-15(3)19(11-18)21-13-17-7-5-6-16(10-17)12-20-4/h5-11,14,20H,12-13H2,1-4H3. The zero-order valence-electron chi connectivity index (χ0n) is 13.4. The number of benzene rings is 2. The van der Waals surface area contributed by atoms with Gasteiger partial charge in [0.1, 0.15) is 12.4 Å². The smallest absolute Gasteiger partial charge is 0.122 e. The summed E-state index contributed by atoms with van der Waals surface area (Å²) in [6.07, 6.45) is 0. The van der Waals surface area contributed by atoms with Crippen LogP contribution in [-0.4, -0.2) is 7.05 Å². The van der Waals surface area contributed by atoms with Gasteiger partial charge in [0.25, 0.3) is 0 Å². The zero-order chi connectivity index (χ0) is 15.2. The van der Waals surface area contributed by atoms with Crippen LogP contribution in [0.5, 0.6) is 5.75 Å². The Kier molecular flexibility index (Phi) is 5.40. The van der Waals surface area contributed by atoms with Crippen molar-refractivity contribution in [2.75, 3.05) is 7.05 Å². The van der Waals surface area contributed by atoms with Crippen LogP contribution in [0.2, 0.25) is 0 Å². The van der Waals surface area contributed by atoms with Crippen LogP contribution in [0.15, 0.2) is 42.5 Å². The number of hydrogen-bond donors (Lipinski definition) is 1. The van der Waals surface area contributed by atoms with Gasteiger partial charge in [-0.15, -0.1) is 0 Å². The minimum absolute atomic E-state index is 0.520. The number of nitrogens with one attached hydrogen (secondary N) is 1. The van der Waals surface area contributed by atoms with Gasteiger partial charge in [0, 0.05) is 6.54 Å². The van der Waals surface area contributed by atoms with Crippen molar-refractivity contribution in [3.8, 4) is 5.75 Å². The number of rotatable bonds is 6. The molecule has 0 aliphatic carbocycles. The highest BCUT2D eigenvalue weighted by molar-refractivity contribution is 5.38. The minimum Gasteiger partial charge on any atom is -0.489 e. The Bertz CT molecular complexity index is 590. The summed E-state index contributed by atoms with van der Waals surface area (Å²) in [5, 5.41) is 3.17. The van der Waals surface area contributed by atoms with Crippen molar-refractivity contribution in [2.24, 2.45) is 0 Å². The van der Waals surface area contributed by atoms with Gasteiger partial charge in [0.05, 0.1) is 0 Å². The molecule has 2 aromatic carbocycles. The minimum atomic E-state index is 0.520. The molecule has 0 bridgehead atoms. The third-order valence-electron chi connectivity index (χ3n) is 3.65. The third kappa shape index (κ3) is 4.33. The maximum absolute atomic E-state index is 6.03. The second-order valence-corrected chi connectivity index (χ2v) is 5.82. The Morgan fingerprint density at radius 2 is 1.81 bits per heavy atom. The van der Waals surface area contributed by atoms with Crippen LogP contribution < -0.4 is 10.1 Å². The van der Waals surface area contributed by atoms with Crippen LogP contribution in [0.4, 0.5) is 0 Å². The van der Waals surface area contributed by atoms with E-state index in [4.69, 9.17) is 4.74 Å². The molecule has 0 fully saturated rings. The molecule has 2 heteroatoms. The van der Waals surface area contributed by atoms with E-state index in [1.165, 1.54) is 22.3 Å². The lowest BCUT2D eigenvalue weighted by molar-refractivity contribution is 0.303. The molecule has 0 aromatic heterocycles. The molecule has 2 aromatic rings. The van der Waals surface area contributed by atoms with Gasteiger partial charge in [-0.05, 0) is 48.2 Å². The molecule has 0 aliphatic rings. The van der Waals surface area contributed by atoms with E-state index in [0.29, 0.717) is 12.5 Å². The van der Waals surface area contributed by atoms with E-state index < -0.39 is 0 Å². The molecule has 0 unspecified atom stereocenters. The summed E-state index contributed by atoms with van der Waals surface area (Å²) >= 11 is 0. The molecule has 112 valence electrons. The summed E-state index contributed by atoms with van der Waals surface area (Å²) in [4.78, 5) is 0. The highest BCUT2D eigenvalue weighted by Gasteiger charge is 2.05. The van der Waals surface area contributed by atoms with Crippen LogP contribution in [0.1, 0.15) is 42.0 Å². The molecule has 2 rings (SSSR count). The van der Waals surface area contributed by atoms with Gasteiger partial charge < -0.3 is 10.1 Å². The summed E-state index contributed by atoms with van der Waals surface area (Å²) in [5.74, 6) is 1.51. The highest BCUT2D eigenvalue weighted by Crippen LogP contribution is 2.25. The van der Waals surface area contributed by atoms with Crippen molar-refractivity contribution in [1.82, 2.24) is 5.32 Å². The summed E-state index contributed by atoms with van der Waals surface area (Å²) in [6.45, 7) is 8.00. The lowest BCUT2D eigenvalue weighted by Crippen LogP contribution is -2.06. The normalized spacial score (nSPS) is 10.9. The van der Waals surface area contributed by atoms with E-state index in [9.17, 15) is 0 Å². The van der Waals surface area contributed by atoms with Crippen molar-refractivity contribution in [3.05, 3.63) is 64.7 Å². The van der Waals surface area contributed by atoms with Crippen molar-refractivity contribution in [1.29, 1.82) is 0 Å². The number of aryl methyl sites for hydroxylation is 1. The van der Waals surface area contributed by atoms with Crippen molar-refractivity contribution in [2.45, 2.75) is 39.8 Å². The predicted octanol–water partition coefficient (Wildman–Crippen LogP) is 4.42. The van der Waals surface area contributed by atoms with E-state index >= 15 is 0 Å². The maximum atomic E-state index is 6.03. The van der Waals surface area contributed by atoms with E-state index in [2.05, 4.69) is 68.6 Å². The fraction of sp³-hybridized carbons (Fsp3) is 0.368. The lowest BCUT2D eigenvalue weighted by Gasteiger charge is -2.13. The van der Waals surface area contributed by atoms with Crippen molar-refractivity contribution in [3.63, 3.8) is 0 Å². The second-order valence-electron chi connectivity index (χ2n) is 5.82. The van der Waals surface area contributed by atoms with Crippen LogP contribution >= 0.6 is 0 Å². The van der Waals surface area contributed by atoms with Crippen molar-refractivity contribution >= 4 is 0 Å². The quantitative estimate of drug-likeness (QED) is 0.847. The fourth-order valence-electron chi connectivity index (χ4n) is 2.33. The van der Waals surface area contributed by atoms with Gasteiger partial charge in [0.15, 0.2) is 0 Å². The van der Waals surface area contributed by atoms with Crippen LogP contribution in [0.25, 0.3) is 0 Å². The monoisotopic (exact) mass is 283 g/mol. The first-order valence-electron chi connectivity index (χ1n) is 7.56. The molecule has 0 aliphatic heterocycles. The van der Waals surface area contributed by atoms with Gasteiger partial charge in [-0.2, -0.15) is 0 Å². The Balaban J connectivity index is 2.09.